The molecule has 0 aromatic heterocycles. The molecule has 25 heavy (non-hydrogen) atoms. The first-order valence-electron chi connectivity index (χ1n) is 8.05. The summed E-state index contributed by atoms with van der Waals surface area (Å²) in [5, 5.41) is 6.46. The molecule has 6 heteroatoms. The highest BCUT2D eigenvalue weighted by molar-refractivity contribution is 6.31. The second-order valence-electron chi connectivity index (χ2n) is 5.57. The molecule has 2 aromatic rings. The number of hydrogen-bond donors (Lipinski definition) is 2. The third-order valence-electron chi connectivity index (χ3n) is 3.89. The van der Waals surface area contributed by atoms with E-state index in [4.69, 9.17) is 21.1 Å². The van der Waals surface area contributed by atoms with Crippen LogP contribution in [-0.4, -0.2) is 26.8 Å². The Kier molecular flexibility index (Phi) is 6.95. The van der Waals surface area contributed by atoms with E-state index in [1.54, 1.807) is 14.2 Å². The molecule has 0 heterocycles. The van der Waals surface area contributed by atoms with Gasteiger partial charge in [0.15, 0.2) is 0 Å². The number of rotatable bonds is 7. The first-order valence-corrected chi connectivity index (χ1v) is 8.42. The Bertz CT molecular complexity index is 722. The maximum absolute atomic E-state index is 12.1. The molecule has 2 N–H and O–H groups in total. The van der Waals surface area contributed by atoms with Crippen LogP contribution in [0.25, 0.3) is 0 Å². The van der Waals surface area contributed by atoms with Crippen molar-refractivity contribution in [1.82, 2.24) is 10.6 Å². The second-order valence-corrected chi connectivity index (χ2v) is 5.98. The molecular formula is C19H23ClN2O3. The number of carbonyl (C=O) groups excluding carboxylic acids is 1. The number of hydrogen-bond acceptors (Lipinski definition) is 3. The lowest BCUT2D eigenvalue weighted by atomic mass is 10.1. The van der Waals surface area contributed by atoms with Crippen LogP contribution < -0.4 is 20.1 Å². The number of urea groups is 1. The van der Waals surface area contributed by atoms with Crippen LogP contribution in [0.1, 0.15) is 24.1 Å². The topological polar surface area (TPSA) is 59.6 Å². The van der Waals surface area contributed by atoms with Crippen LogP contribution in [0.15, 0.2) is 42.5 Å². The Morgan fingerprint density at radius 2 is 1.92 bits per heavy atom. The summed E-state index contributed by atoms with van der Waals surface area (Å²) in [6, 6.07) is 12.6. The monoisotopic (exact) mass is 362 g/mol. The smallest absolute Gasteiger partial charge is 0.315 e. The van der Waals surface area contributed by atoms with Gasteiger partial charge >= 0.3 is 6.03 Å². The average molecular weight is 363 g/mol. The molecule has 2 amide bonds. The lowest BCUT2D eigenvalue weighted by molar-refractivity contribution is 0.238. The van der Waals surface area contributed by atoms with Crippen LogP contribution in [0.5, 0.6) is 11.5 Å². The van der Waals surface area contributed by atoms with E-state index in [0.29, 0.717) is 29.5 Å². The molecule has 0 saturated carbocycles. The third kappa shape index (κ3) is 5.29. The van der Waals surface area contributed by atoms with E-state index >= 15 is 0 Å². The van der Waals surface area contributed by atoms with E-state index in [9.17, 15) is 4.79 Å². The molecule has 134 valence electrons. The molecule has 0 aliphatic rings. The maximum atomic E-state index is 12.1. The molecule has 2 rings (SSSR count). The molecule has 0 saturated heterocycles. The summed E-state index contributed by atoms with van der Waals surface area (Å²) in [6.45, 7) is 2.39. The van der Waals surface area contributed by atoms with Gasteiger partial charge in [-0.15, -0.1) is 0 Å². The molecular weight excluding hydrogens is 340 g/mol. The van der Waals surface area contributed by atoms with Crippen molar-refractivity contribution in [2.24, 2.45) is 0 Å². The molecule has 0 spiro atoms. The van der Waals surface area contributed by atoms with Crippen molar-refractivity contribution in [3.8, 4) is 11.5 Å². The Hall–Kier alpha value is -2.40. The minimum absolute atomic E-state index is 0.231. The summed E-state index contributed by atoms with van der Waals surface area (Å²) in [6.07, 6.45) is 0.671. The van der Waals surface area contributed by atoms with Crippen molar-refractivity contribution >= 4 is 17.6 Å². The number of nitrogens with one attached hydrogen (secondary N) is 2. The number of amides is 2. The van der Waals surface area contributed by atoms with Gasteiger partial charge in [0.2, 0.25) is 0 Å². The van der Waals surface area contributed by atoms with Gasteiger partial charge in [-0.25, -0.2) is 4.79 Å². The molecule has 0 fully saturated rings. The zero-order valence-electron chi connectivity index (χ0n) is 14.6. The number of methoxy groups -OCH3 is 2. The van der Waals surface area contributed by atoms with E-state index in [-0.39, 0.29) is 12.1 Å². The maximum Gasteiger partial charge on any atom is 0.315 e. The molecule has 5 nitrogen and oxygen atoms in total. The zero-order valence-corrected chi connectivity index (χ0v) is 15.4. The summed E-state index contributed by atoms with van der Waals surface area (Å²) < 4.78 is 10.6. The van der Waals surface area contributed by atoms with Crippen molar-refractivity contribution < 1.29 is 14.3 Å². The Balaban J connectivity index is 1.91. The Labute approximate surface area is 153 Å². The van der Waals surface area contributed by atoms with Gasteiger partial charge in [-0.1, -0.05) is 29.8 Å². The van der Waals surface area contributed by atoms with Crippen LogP contribution in [0.4, 0.5) is 4.79 Å². The lowest BCUT2D eigenvalue weighted by Crippen LogP contribution is -2.38. The van der Waals surface area contributed by atoms with E-state index in [2.05, 4.69) is 10.6 Å². The van der Waals surface area contributed by atoms with E-state index in [1.165, 1.54) is 0 Å². The minimum Gasteiger partial charge on any atom is -0.497 e. The minimum atomic E-state index is -0.246. The quantitative estimate of drug-likeness (QED) is 0.783. The largest absolute Gasteiger partial charge is 0.497 e. The molecule has 0 radical (unpaired) electrons. The first-order chi connectivity index (χ1) is 12.0. The fourth-order valence-corrected chi connectivity index (χ4v) is 2.75. The highest BCUT2D eigenvalue weighted by Crippen LogP contribution is 2.29. The van der Waals surface area contributed by atoms with Crippen LogP contribution in [-0.2, 0) is 6.42 Å². The highest BCUT2D eigenvalue weighted by Gasteiger charge is 2.15. The molecule has 0 bridgehead atoms. The van der Waals surface area contributed by atoms with Crippen molar-refractivity contribution in [2.75, 3.05) is 20.8 Å². The predicted molar refractivity (Wildman–Crippen MR) is 99.7 cm³/mol. The van der Waals surface area contributed by atoms with Crippen molar-refractivity contribution in [3.05, 3.63) is 58.6 Å². The molecule has 0 aliphatic heterocycles. The Morgan fingerprint density at radius 3 is 2.60 bits per heavy atom. The fourth-order valence-electron chi connectivity index (χ4n) is 2.52. The molecule has 0 unspecified atom stereocenters. The fraction of sp³-hybridized carbons (Fsp3) is 0.316. The zero-order chi connectivity index (χ0) is 18.2. The van der Waals surface area contributed by atoms with E-state index < -0.39 is 0 Å². The van der Waals surface area contributed by atoms with Crippen LogP contribution in [0.3, 0.4) is 0 Å². The van der Waals surface area contributed by atoms with Gasteiger partial charge in [0, 0.05) is 17.1 Å². The summed E-state index contributed by atoms with van der Waals surface area (Å²) >= 11 is 6.11. The van der Waals surface area contributed by atoms with Crippen LogP contribution in [0, 0.1) is 0 Å². The number of carbonyl (C=O) groups is 1. The van der Waals surface area contributed by atoms with E-state index in [0.717, 1.165) is 11.1 Å². The van der Waals surface area contributed by atoms with Gasteiger partial charge < -0.3 is 20.1 Å². The van der Waals surface area contributed by atoms with Gasteiger partial charge in [-0.05, 0) is 43.2 Å². The third-order valence-corrected chi connectivity index (χ3v) is 4.26. The second kappa shape index (κ2) is 9.18. The summed E-state index contributed by atoms with van der Waals surface area (Å²) in [5.74, 6) is 1.41. The highest BCUT2D eigenvalue weighted by atomic mass is 35.5. The van der Waals surface area contributed by atoms with Gasteiger partial charge in [-0.3, -0.25) is 0 Å². The number of ether oxygens (including phenoxy) is 2. The number of halogens is 1. The van der Waals surface area contributed by atoms with Crippen molar-refractivity contribution in [3.63, 3.8) is 0 Å². The van der Waals surface area contributed by atoms with Crippen LogP contribution in [0.2, 0.25) is 5.02 Å². The van der Waals surface area contributed by atoms with Gasteiger partial charge in [0.25, 0.3) is 0 Å². The van der Waals surface area contributed by atoms with Crippen molar-refractivity contribution in [2.45, 2.75) is 19.4 Å². The summed E-state index contributed by atoms with van der Waals surface area (Å²) in [5.41, 5.74) is 1.86. The summed E-state index contributed by atoms with van der Waals surface area (Å²) in [4.78, 5) is 12.1. The molecule has 1 atom stereocenters. The predicted octanol–water partition coefficient (Wildman–Crippen LogP) is 3.96. The summed E-state index contributed by atoms with van der Waals surface area (Å²) in [7, 11) is 3.20. The Morgan fingerprint density at radius 1 is 1.16 bits per heavy atom. The van der Waals surface area contributed by atoms with Gasteiger partial charge in [-0.2, -0.15) is 0 Å². The van der Waals surface area contributed by atoms with Crippen molar-refractivity contribution in [1.29, 1.82) is 0 Å². The van der Waals surface area contributed by atoms with E-state index in [1.807, 2.05) is 49.4 Å². The first kappa shape index (κ1) is 18.9. The SMILES string of the molecule is COc1ccc(OC)c([C@@H](C)NC(=O)NCCc2ccccc2Cl)c1. The lowest BCUT2D eigenvalue weighted by Gasteiger charge is -2.18. The number of benzene rings is 2. The van der Waals surface area contributed by atoms with Gasteiger partial charge in [0.05, 0.1) is 20.3 Å². The molecule has 2 aromatic carbocycles. The van der Waals surface area contributed by atoms with Crippen LogP contribution >= 0.6 is 11.6 Å². The average Bonchev–Trinajstić information content (AvgIpc) is 2.62. The normalized spacial score (nSPS) is 11.5. The molecule has 0 aliphatic carbocycles. The van der Waals surface area contributed by atoms with Gasteiger partial charge in [0.1, 0.15) is 11.5 Å². The standard InChI is InChI=1S/C19H23ClN2O3/c1-13(16-12-15(24-2)8-9-18(16)25-3)22-19(23)21-11-10-14-6-4-5-7-17(14)20/h4-9,12-13H,10-11H2,1-3H3,(H2,21,22,23)/t13-/m1/s1.